The number of methoxy groups -OCH3 is 1. The Morgan fingerprint density at radius 1 is 1.33 bits per heavy atom. The number of nitrogens with one attached hydrogen (secondary N) is 2. The number of halogens is 1. The molecule has 0 aliphatic heterocycles. The number of benzene rings is 1. The molecule has 1 atom stereocenters. The van der Waals surface area contributed by atoms with Crippen LogP contribution >= 0.6 is 27.3 Å². The minimum atomic E-state index is -0.414. The van der Waals surface area contributed by atoms with Crippen LogP contribution in [-0.4, -0.2) is 24.0 Å². The van der Waals surface area contributed by atoms with Gasteiger partial charge in [-0.3, -0.25) is 9.59 Å². The van der Waals surface area contributed by atoms with E-state index in [0.717, 1.165) is 20.3 Å². The zero-order valence-corrected chi connectivity index (χ0v) is 15.2. The van der Waals surface area contributed by atoms with Gasteiger partial charge in [-0.25, -0.2) is 0 Å². The first-order chi connectivity index (χ1) is 11.6. The molecular formula is C17H15BrN2O3S. The van der Waals surface area contributed by atoms with Gasteiger partial charge in [-0.05, 0) is 35.7 Å². The van der Waals surface area contributed by atoms with Gasteiger partial charge in [0.15, 0.2) is 0 Å². The van der Waals surface area contributed by atoms with Crippen molar-refractivity contribution in [2.24, 2.45) is 0 Å². The second kappa shape index (κ2) is 7.19. The fourth-order valence-electron chi connectivity index (χ4n) is 2.42. The molecule has 0 saturated carbocycles. The lowest BCUT2D eigenvalue weighted by atomic mass is 10.1. The maximum atomic E-state index is 12.6. The average molecular weight is 407 g/mol. The predicted molar refractivity (Wildman–Crippen MR) is 97.2 cm³/mol. The van der Waals surface area contributed by atoms with E-state index in [-0.39, 0.29) is 18.3 Å². The summed E-state index contributed by atoms with van der Waals surface area (Å²) in [6, 6.07) is 10.9. The van der Waals surface area contributed by atoms with Crippen molar-refractivity contribution in [1.29, 1.82) is 0 Å². The van der Waals surface area contributed by atoms with E-state index >= 15 is 0 Å². The molecule has 0 bridgehead atoms. The number of H-pyrrole nitrogens is 1. The molecule has 124 valence electrons. The van der Waals surface area contributed by atoms with E-state index in [1.807, 2.05) is 35.7 Å². The van der Waals surface area contributed by atoms with Crippen molar-refractivity contribution in [2.75, 3.05) is 7.11 Å². The number of hydrogen-bond donors (Lipinski definition) is 2. The van der Waals surface area contributed by atoms with Crippen LogP contribution in [0.5, 0.6) is 0 Å². The fraction of sp³-hybridized carbons (Fsp3) is 0.176. The summed E-state index contributed by atoms with van der Waals surface area (Å²) in [6.07, 6.45) is 0.0918. The lowest BCUT2D eigenvalue weighted by Crippen LogP contribution is -2.30. The van der Waals surface area contributed by atoms with E-state index in [1.54, 1.807) is 6.07 Å². The average Bonchev–Trinajstić information content (AvgIpc) is 3.22. The monoisotopic (exact) mass is 406 g/mol. The normalized spacial score (nSPS) is 12.1. The Morgan fingerprint density at radius 3 is 2.88 bits per heavy atom. The van der Waals surface area contributed by atoms with Gasteiger partial charge < -0.3 is 15.0 Å². The van der Waals surface area contributed by atoms with Gasteiger partial charge in [0, 0.05) is 20.3 Å². The van der Waals surface area contributed by atoms with Crippen molar-refractivity contribution in [3.63, 3.8) is 0 Å². The van der Waals surface area contributed by atoms with Crippen LogP contribution in [0.2, 0.25) is 0 Å². The number of rotatable bonds is 5. The highest BCUT2D eigenvalue weighted by molar-refractivity contribution is 9.10. The van der Waals surface area contributed by atoms with Gasteiger partial charge >= 0.3 is 5.97 Å². The Morgan fingerprint density at radius 2 is 2.17 bits per heavy atom. The maximum absolute atomic E-state index is 12.6. The molecule has 3 aromatic rings. The number of aromatic amines is 1. The highest BCUT2D eigenvalue weighted by Gasteiger charge is 2.21. The van der Waals surface area contributed by atoms with Gasteiger partial charge in [0.25, 0.3) is 5.91 Å². The first-order valence-electron chi connectivity index (χ1n) is 7.26. The van der Waals surface area contributed by atoms with Gasteiger partial charge in [0.05, 0.1) is 19.6 Å². The Labute approximate surface area is 151 Å². The standard InChI is InChI=1S/C17H15BrN2O3S/c1-23-16(21)9-13(15-3-2-6-24-15)20-17(22)14-8-10-7-11(18)4-5-12(10)19-14/h2-8,13,19H,9H2,1H3,(H,20,22)/t13-/m0/s1. The van der Waals surface area contributed by atoms with Crippen LogP contribution in [0.25, 0.3) is 10.9 Å². The zero-order chi connectivity index (χ0) is 17.1. The molecule has 2 N–H and O–H groups in total. The Hall–Kier alpha value is -2.12. The van der Waals surface area contributed by atoms with Crippen molar-refractivity contribution < 1.29 is 14.3 Å². The summed E-state index contributed by atoms with van der Waals surface area (Å²) in [6.45, 7) is 0. The van der Waals surface area contributed by atoms with Crippen LogP contribution in [0.4, 0.5) is 0 Å². The van der Waals surface area contributed by atoms with Gasteiger partial charge in [-0.1, -0.05) is 22.0 Å². The predicted octanol–water partition coefficient (Wildman–Crippen LogP) is 4.03. The molecule has 7 heteroatoms. The van der Waals surface area contributed by atoms with Crippen molar-refractivity contribution in [1.82, 2.24) is 10.3 Å². The summed E-state index contributed by atoms with van der Waals surface area (Å²) in [5, 5.41) is 5.75. The first-order valence-corrected chi connectivity index (χ1v) is 8.93. The van der Waals surface area contributed by atoms with E-state index in [9.17, 15) is 9.59 Å². The molecule has 0 fully saturated rings. The van der Waals surface area contributed by atoms with E-state index in [0.29, 0.717) is 5.69 Å². The molecule has 0 aliphatic rings. The van der Waals surface area contributed by atoms with E-state index in [4.69, 9.17) is 4.74 Å². The zero-order valence-electron chi connectivity index (χ0n) is 12.8. The largest absolute Gasteiger partial charge is 0.469 e. The summed E-state index contributed by atoms with van der Waals surface area (Å²) < 4.78 is 5.68. The smallest absolute Gasteiger partial charge is 0.307 e. The molecule has 0 unspecified atom stereocenters. The van der Waals surface area contributed by atoms with E-state index in [2.05, 4.69) is 26.2 Å². The number of fused-ring (bicyclic) bond motifs is 1. The summed E-state index contributed by atoms with van der Waals surface area (Å²) in [4.78, 5) is 28.2. The topological polar surface area (TPSA) is 71.2 Å². The highest BCUT2D eigenvalue weighted by Crippen LogP contribution is 2.24. The maximum Gasteiger partial charge on any atom is 0.307 e. The van der Waals surface area contributed by atoms with Crippen LogP contribution in [0.15, 0.2) is 46.3 Å². The number of esters is 1. The molecule has 5 nitrogen and oxygen atoms in total. The van der Waals surface area contributed by atoms with Crippen molar-refractivity contribution in [3.05, 3.63) is 56.8 Å². The quantitative estimate of drug-likeness (QED) is 0.628. The molecule has 0 saturated heterocycles. The SMILES string of the molecule is COC(=O)C[C@H](NC(=O)c1cc2cc(Br)ccc2[nH]1)c1cccs1. The number of carbonyl (C=O) groups is 2. The number of thiophene rings is 1. The molecule has 0 radical (unpaired) electrons. The molecule has 2 heterocycles. The van der Waals surface area contributed by atoms with Crippen LogP contribution in [0.3, 0.4) is 0 Å². The fourth-order valence-corrected chi connectivity index (χ4v) is 3.58. The number of ether oxygens (including phenoxy) is 1. The van der Waals surface area contributed by atoms with Gasteiger partial charge in [0.1, 0.15) is 5.69 Å². The molecule has 24 heavy (non-hydrogen) atoms. The van der Waals surface area contributed by atoms with Gasteiger partial charge in [-0.2, -0.15) is 0 Å². The summed E-state index contributed by atoms with van der Waals surface area (Å²) in [7, 11) is 1.34. The lowest BCUT2D eigenvalue weighted by molar-refractivity contribution is -0.141. The van der Waals surface area contributed by atoms with Crippen molar-refractivity contribution in [2.45, 2.75) is 12.5 Å². The second-order valence-electron chi connectivity index (χ2n) is 5.24. The van der Waals surface area contributed by atoms with Crippen LogP contribution in [0.1, 0.15) is 27.8 Å². The van der Waals surface area contributed by atoms with Crippen molar-refractivity contribution in [3.8, 4) is 0 Å². The highest BCUT2D eigenvalue weighted by atomic mass is 79.9. The summed E-state index contributed by atoms with van der Waals surface area (Å²) in [5.74, 6) is -0.626. The van der Waals surface area contributed by atoms with E-state index < -0.39 is 6.04 Å². The number of amides is 1. The molecule has 0 aliphatic carbocycles. The minimum absolute atomic E-state index is 0.0918. The number of carbonyl (C=O) groups excluding carboxylic acids is 2. The van der Waals surface area contributed by atoms with Crippen LogP contribution in [-0.2, 0) is 9.53 Å². The molecule has 2 aromatic heterocycles. The molecular weight excluding hydrogens is 392 g/mol. The summed E-state index contributed by atoms with van der Waals surface area (Å²) in [5.41, 5.74) is 1.33. The van der Waals surface area contributed by atoms with Crippen LogP contribution < -0.4 is 5.32 Å². The molecule has 3 rings (SSSR count). The van der Waals surface area contributed by atoms with E-state index in [1.165, 1.54) is 18.4 Å². The third kappa shape index (κ3) is 3.68. The second-order valence-corrected chi connectivity index (χ2v) is 7.13. The Balaban J connectivity index is 1.82. The van der Waals surface area contributed by atoms with Gasteiger partial charge in [-0.15, -0.1) is 11.3 Å². The number of hydrogen-bond acceptors (Lipinski definition) is 4. The lowest BCUT2D eigenvalue weighted by Gasteiger charge is -2.15. The molecule has 1 amide bonds. The first kappa shape index (κ1) is 16.7. The summed E-state index contributed by atoms with van der Waals surface area (Å²) >= 11 is 4.90. The minimum Gasteiger partial charge on any atom is -0.469 e. The van der Waals surface area contributed by atoms with Gasteiger partial charge in [0.2, 0.25) is 0 Å². The third-order valence-electron chi connectivity index (χ3n) is 3.62. The van der Waals surface area contributed by atoms with Crippen molar-refractivity contribution >= 4 is 50.0 Å². The van der Waals surface area contributed by atoms with Crippen LogP contribution in [0, 0.1) is 0 Å². The molecule has 1 aromatic carbocycles. The number of aromatic nitrogens is 1. The Bertz CT molecular complexity index is 873. The molecule has 0 spiro atoms. The third-order valence-corrected chi connectivity index (χ3v) is 5.10. The Kier molecular flexibility index (Phi) is 5.01.